The van der Waals surface area contributed by atoms with E-state index in [4.69, 9.17) is 5.73 Å². The maximum atomic E-state index is 12.9. The number of hydrogen-bond donors (Lipinski definition) is 1. The van der Waals surface area contributed by atoms with Gasteiger partial charge in [-0.2, -0.15) is 0 Å². The van der Waals surface area contributed by atoms with Crippen molar-refractivity contribution in [3.05, 3.63) is 35.1 Å². The summed E-state index contributed by atoms with van der Waals surface area (Å²) in [6.07, 6.45) is 1.59. The quantitative estimate of drug-likeness (QED) is 0.797. The average molecular weight is 201 g/mol. The van der Waals surface area contributed by atoms with Crippen LogP contribution in [0, 0.1) is 5.82 Å². The Bertz CT molecular complexity index is 327. The number of benzene rings is 1. The Kier molecular flexibility index (Phi) is 3.57. The van der Waals surface area contributed by atoms with Crippen LogP contribution in [0.3, 0.4) is 0 Å². The molecule has 0 spiro atoms. The fourth-order valence-electron chi connectivity index (χ4n) is 1.15. The molecule has 2 N–H and O–H groups in total. The second-order valence-electron chi connectivity index (χ2n) is 2.89. The first-order valence-corrected chi connectivity index (χ1v) is 5.63. The molecule has 0 aliphatic carbocycles. The van der Waals surface area contributed by atoms with Crippen molar-refractivity contribution in [2.45, 2.75) is 12.3 Å². The van der Waals surface area contributed by atoms with Gasteiger partial charge in [-0.15, -0.1) is 0 Å². The Labute approximate surface area is 79.4 Å². The predicted molar refractivity (Wildman–Crippen MR) is 52.1 cm³/mol. The first-order valence-electron chi connectivity index (χ1n) is 3.90. The normalized spacial score (nSPS) is 12.8. The standard InChI is InChI=1S/C9H12FNOS/c1-13(12)6-8-2-7(5-11)3-9(10)4-8/h2-4H,5-6,11H2,1H3. The summed E-state index contributed by atoms with van der Waals surface area (Å²) in [4.78, 5) is 0. The largest absolute Gasteiger partial charge is 0.326 e. The van der Waals surface area contributed by atoms with E-state index in [1.165, 1.54) is 12.1 Å². The van der Waals surface area contributed by atoms with Crippen molar-refractivity contribution in [2.75, 3.05) is 6.26 Å². The number of hydrogen-bond acceptors (Lipinski definition) is 2. The van der Waals surface area contributed by atoms with Gasteiger partial charge in [0.25, 0.3) is 0 Å². The minimum absolute atomic E-state index is 0.307. The minimum atomic E-state index is -0.943. The first kappa shape index (κ1) is 10.3. The van der Waals surface area contributed by atoms with Crippen molar-refractivity contribution in [3.8, 4) is 0 Å². The van der Waals surface area contributed by atoms with Crippen molar-refractivity contribution in [1.29, 1.82) is 0 Å². The number of nitrogens with two attached hydrogens (primary N) is 1. The van der Waals surface area contributed by atoms with E-state index in [1.807, 2.05) is 0 Å². The third-order valence-electron chi connectivity index (χ3n) is 1.62. The van der Waals surface area contributed by atoms with Crippen molar-refractivity contribution in [3.63, 3.8) is 0 Å². The summed E-state index contributed by atoms with van der Waals surface area (Å²) in [5.74, 6) is 0.0634. The Balaban J connectivity index is 2.94. The van der Waals surface area contributed by atoms with Gasteiger partial charge in [-0.05, 0) is 23.3 Å². The average Bonchev–Trinajstić information content (AvgIpc) is 2.01. The van der Waals surface area contributed by atoms with Gasteiger partial charge in [0.05, 0.1) is 0 Å². The zero-order chi connectivity index (χ0) is 9.84. The van der Waals surface area contributed by atoms with Crippen LogP contribution in [0.25, 0.3) is 0 Å². The summed E-state index contributed by atoms with van der Waals surface area (Å²) in [5, 5.41) is 0. The Morgan fingerprint density at radius 2 is 2.00 bits per heavy atom. The van der Waals surface area contributed by atoms with Crippen molar-refractivity contribution < 1.29 is 8.60 Å². The molecule has 0 aromatic heterocycles. The highest BCUT2D eigenvalue weighted by Crippen LogP contribution is 2.10. The van der Waals surface area contributed by atoms with Crippen LogP contribution in [0.15, 0.2) is 18.2 Å². The summed E-state index contributed by atoms with van der Waals surface area (Å²) in [6.45, 7) is 0.307. The SMILES string of the molecule is CS(=O)Cc1cc(F)cc(CN)c1. The molecule has 13 heavy (non-hydrogen) atoms. The summed E-state index contributed by atoms with van der Waals surface area (Å²) >= 11 is 0. The van der Waals surface area contributed by atoms with E-state index in [9.17, 15) is 8.60 Å². The molecule has 0 fully saturated rings. The highest BCUT2D eigenvalue weighted by atomic mass is 32.2. The molecule has 0 aliphatic rings. The number of halogens is 1. The van der Waals surface area contributed by atoms with Gasteiger partial charge in [-0.3, -0.25) is 4.21 Å². The van der Waals surface area contributed by atoms with Crippen LogP contribution in [0.4, 0.5) is 4.39 Å². The molecule has 4 heteroatoms. The molecule has 1 atom stereocenters. The highest BCUT2D eigenvalue weighted by molar-refractivity contribution is 7.83. The molecule has 0 heterocycles. The molecule has 0 aliphatic heterocycles. The zero-order valence-corrected chi connectivity index (χ0v) is 8.23. The van der Waals surface area contributed by atoms with Crippen LogP contribution in [0.2, 0.25) is 0 Å². The molecule has 72 valence electrons. The van der Waals surface area contributed by atoms with Gasteiger partial charge in [0.1, 0.15) is 5.82 Å². The Hall–Kier alpha value is -0.740. The van der Waals surface area contributed by atoms with Gasteiger partial charge in [-0.25, -0.2) is 4.39 Å². The molecule has 0 bridgehead atoms. The van der Waals surface area contributed by atoms with E-state index in [0.717, 1.165) is 11.1 Å². The third-order valence-corrected chi connectivity index (χ3v) is 2.36. The summed E-state index contributed by atoms with van der Waals surface area (Å²) in [5.41, 5.74) is 6.85. The molecule has 0 amide bonds. The van der Waals surface area contributed by atoms with E-state index in [1.54, 1.807) is 12.3 Å². The highest BCUT2D eigenvalue weighted by Gasteiger charge is 2.01. The molecule has 1 aromatic carbocycles. The molecule has 1 rings (SSSR count). The fourth-order valence-corrected chi connectivity index (χ4v) is 1.79. The number of rotatable bonds is 3. The maximum Gasteiger partial charge on any atom is 0.123 e. The van der Waals surface area contributed by atoms with Crippen LogP contribution >= 0.6 is 0 Å². The lowest BCUT2D eigenvalue weighted by Crippen LogP contribution is -2.00. The summed E-state index contributed by atoms with van der Waals surface area (Å²) < 4.78 is 23.8. The van der Waals surface area contributed by atoms with Crippen LogP contribution < -0.4 is 5.73 Å². The molecule has 2 nitrogen and oxygen atoms in total. The smallest absolute Gasteiger partial charge is 0.123 e. The molecule has 1 unspecified atom stereocenters. The second-order valence-corrected chi connectivity index (χ2v) is 4.32. The van der Waals surface area contributed by atoms with Crippen LogP contribution in [0.5, 0.6) is 0 Å². The van der Waals surface area contributed by atoms with Gasteiger partial charge < -0.3 is 5.73 Å². The van der Waals surface area contributed by atoms with Crippen LogP contribution in [0.1, 0.15) is 11.1 Å². The molecule has 0 radical (unpaired) electrons. The van der Waals surface area contributed by atoms with Crippen LogP contribution in [-0.2, 0) is 23.1 Å². The van der Waals surface area contributed by atoms with E-state index >= 15 is 0 Å². The van der Waals surface area contributed by atoms with Gasteiger partial charge in [0.2, 0.25) is 0 Å². The molecule has 1 aromatic rings. The predicted octanol–water partition coefficient (Wildman–Crippen LogP) is 1.16. The van der Waals surface area contributed by atoms with Gasteiger partial charge >= 0.3 is 0 Å². The molecule has 0 saturated carbocycles. The molecule has 0 saturated heterocycles. The zero-order valence-electron chi connectivity index (χ0n) is 7.42. The van der Waals surface area contributed by atoms with Crippen LogP contribution in [-0.4, -0.2) is 10.5 Å². The third kappa shape index (κ3) is 3.24. The lowest BCUT2D eigenvalue weighted by atomic mass is 10.1. The van der Waals surface area contributed by atoms with Crippen molar-refractivity contribution in [2.24, 2.45) is 5.73 Å². The Morgan fingerprint density at radius 1 is 1.38 bits per heavy atom. The lowest BCUT2D eigenvalue weighted by molar-refractivity contribution is 0.624. The lowest BCUT2D eigenvalue weighted by Gasteiger charge is -2.02. The van der Waals surface area contributed by atoms with Crippen molar-refractivity contribution >= 4 is 10.8 Å². The fraction of sp³-hybridized carbons (Fsp3) is 0.333. The molecular weight excluding hydrogens is 189 g/mol. The van der Waals surface area contributed by atoms with E-state index in [2.05, 4.69) is 0 Å². The van der Waals surface area contributed by atoms with Gasteiger partial charge in [-0.1, -0.05) is 6.07 Å². The van der Waals surface area contributed by atoms with E-state index < -0.39 is 10.8 Å². The topological polar surface area (TPSA) is 43.1 Å². The van der Waals surface area contributed by atoms with Gasteiger partial charge in [0, 0.05) is 29.4 Å². The van der Waals surface area contributed by atoms with E-state index in [0.29, 0.717) is 12.3 Å². The monoisotopic (exact) mass is 201 g/mol. The van der Waals surface area contributed by atoms with Gasteiger partial charge in [0.15, 0.2) is 0 Å². The summed E-state index contributed by atoms with van der Waals surface area (Å²) in [7, 11) is -0.943. The first-order chi connectivity index (χ1) is 6.11. The molecular formula is C9H12FNOS. The van der Waals surface area contributed by atoms with Crippen molar-refractivity contribution in [1.82, 2.24) is 0 Å². The maximum absolute atomic E-state index is 12.9. The summed E-state index contributed by atoms with van der Waals surface area (Å²) in [6, 6.07) is 4.56. The Morgan fingerprint density at radius 3 is 2.54 bits per heavy atom. The minimum Gasteiger partial charge on any atom is -0.326 e. The second kappa shape index (κ2) is 4.48. The van der Waals surface area contributed by atoms with E-state index in [-0.39, 0.29) is 5.82 Å².